The largest absolute Gasteiger partial charge is 0.467 e. The second kappa shape index (κ2) is 8.53. The lowest BCUT2D eigenvalue weighted by Gasteiger charge is -2.31. The standard InChI is InChI=1S/C19H26N2O2/c1-3-5-11-21(18(4-2)15-9-7-6-8-10-15)19(22)16-12-17(13-20)23-14-16/h6-10,12,14,18H,3-5,11,13,20H2,1-2H3. The van der Waals surface area contributed by atoms with Gasteiger partial charge in [0.2, 0.25) is 0 Å². The van der Waals surface area contributed by atoms with Crippen molar-refractivity contribution in [1.82, 2.24) is 4.90 Å². The van der Waals surface area contributed by atoms with E-state index in [0.717, 1.165) is 25.8 Å². The van der Waals surface area contributed by atoms with Crippen molar-refractivity contribution in [3.05, 3.63) is 59.5 Å². The van der Waals surface area contributed by atoms with Crippen LogP contribution in [0.5, 0.6) is 0 Å². The smallest absolute Gasteiger partial charge is 0.257 e. The summed E-state index contributed by atoms with van der Waals surface area (Å²) in [6.07, 6.45) is 4.42. The van der Waals surface area contributed by atoms with Crippen LogP contribution in [0, 0.1) is 0 Å². The van der Waals surface area contributed by atoms with Crippen LogP contribution in [0.15, 0.2) is 47.1 Å². The van der Waals surface area contributed by atoms with Gasteiger partial charge in [-0.15, -0.1) is 0 Å². The molecule has 2 N–H and O–H groups in total. The van der Waals surface area contributed by atoms with Crippen molar-refractivity contribution in [3.8, 4) is 0 Å². The molecule has 124 valence electrons. The van der Waals surface area contributed by atoms with E-state index < -0.39 is 0 Å². The molecule has 1 aromatic carbocycles. The third-order valence-corrected chi connectivity index (χ3v) is 4.06. The van der Waals surface area contributed by atoms with Crippen LogP contribution in [0.1, 0.15) is 60.8 Å². The second-order valence-corrected chi connectivity index (χ2v) is 5.69. The molecule has 4 heteroatoms. The van der Waals surface area contributed by atoms with Crippen molar-refractivity contribution in [2.45, 2.75) is 45.7 Å². The first-order valence-corrected chi connectivity index (χ1v) is 8.34. The van der Waals surface area contributed by atoms with Crippen LogP contribution >= 0.6 is 0 Å². The molecule has 1 amide bonds. The number of hydrogen-bond acceptors (Lipinski definition) is 3. The molecule has 1 heterocycles. The van der Waals surface area contributed by atoms with Gasteiger partial charge in [-0.1, -0.05) is 50.6 Å². The predicted molar refractivity (Wildman–Crippen MR) is 92.0 cm³/mol. The summed E-state index contributed by atoms with van der Waals surface area (Å²) in [6, 6.07) is 12.0. The molecule has 1 aromatic heterocycles. The summed E-state index contributed by atoms with van der Waals surface area (Å²) in [5, 5.41) is 0. The Morgan fingerprint density at radius 1 is 1.26 bits per heavy atom. The average molecular weight is 314 g/mol. The molecule has 0 radical (unpaired) electrons. The topological polar surface area (TPSA) is 59.5 Å². The van der Waals surface area contributed by atoms with E-state index in [9.17, 15) is 4.79 Å². The van der Waals surface area contributed by atoms with Gasteiger partial charge >= 0.3 is 0 Å². The van der Waals surface area contributed by atoms with Gasteiger partial charge in [-0.05, 0) is 24.5 Å². The van der Waals surface area contributed by atoms with Crippen molar-refractivity contribution in [2.24, 2.45) is 5.73 Å². The molecule has 2 rings (SSSR count). The molecule has 0 aliphatic rings. The summed E-state index contributed by atoms with van der Waals surface area (Å²) in [5.74, 6) is 0.647. The zero-order valence-electron chi connectivity index (χ0n) is 14.0. The fourth-order valence-electron chi connectivity index (χ4n) is 2.80. The van der Waals surface area contributed by atoms with Gasteiger partial charge in [0.05, 0.1) is 18.2 Å². The summed E-state index contributed by atoms with van der Waals surface area (Å²) in [5.41, 5.74) is 7.33. The van der Waals surface area contributed by atoms with Crippen LogP contribution in [0.3, 0.4) is 0 Å². The minimum absolute atomic E-state index is 0.0117. The number of carbonyl (C=O) groups is 1. The van der Waals surface area contributed by atoms with E-state index in [1.165, 1.54) is 11.8 Å². The summed E-state index contributed by atoms with van der Waals surface area (Å²) in [6.45, 7) is 5.30. The maximum absolute atomic E-state index is 13.0. The lowest BCUT2D eigenvalue weighted by Crippen LogP contribution is -2.35. The Balaban J connectivity index is 2.29. The Hall–Kier alpha value is -2.07. The third-order valence-electron chi connectivity index (χ3n) is 4.06. The molecule has 0 fully saturated rings. The number of nitrogens with two attached hydrogens (primary N) is 1. The molecule has 0 aliphatic heterocycles. The van der Waals surface area contributed by atoms with Crippen LogP contribution in [0.4, 0.5) is 0 Å². The van der Waals surface area contributed by atoms with Gasteiger partial charge in [-0.2, -0.15) is 0 Å². The van der Waals surface area contributed by atoms with Crippen molar-refractivity contribution >= 4 is 5.91 Å². The number of carbonyl (C=O) groups excluding carboxylic acids is 1. The van der Waals surface area contributed by atoms with Gasteiger partial charge in [-0.25, -0.2) is 0 Å². The maximum Gasteiger partial charge on any atom is 0.257 e. The van der Waals surface area contributed by atoms with Crippen molar-refractivity contribution < 1.29 is 9.21 Å². The van der Waals surface area contributed by atoms with Crippen molar-refractivity contribution in [3.63, 3.8) is 0 Å². The van der Waals surface area contributed by atoms with E-state index in [2.05, 4.69) is 26.0 Å². The molecule has 0 spiro atoms. The monoisotopic (exact) mass is 314 g/mol. The lowest BCUT2D eigenvalue weighted by molar-refractivity contribution is 0.0666. The molecule has 1 atom stereocenters. The Morgan fingerprint density at radius 2 is 2.00 bits per heavy atom. The number of hydrogen-bond donors (Lipinski definition) is 1. The highest BCUT2D eigenvalue weighted by Crippen LogP contribution is 2.27. The van der Waals surface area contributed by atoms with Gasteiger partial charge in [0.15, 0.2) is 0 Å². The number of furan rings is 1. The van der Waals surface area contributed by atoms with Crippen molar-refractivity contribution in [1.29, 1.82) is 0 Å². The molecule has 0 aliphatic carbocycles. The summed E-state index contributed by atoms with van der Waals surface area (Å²) in [4.78, 5) is 14.9. The highest BCUT2D eigenvalue weighted by Gasteiger charge is 2.25. The Morgan fingerprint density at radius 3 is 2.57 bits per heavy atom. The predicted octanol–water partition coefficient (Wildman–Crippen LogP) is 4.13. The van der Waals surface area contributed by atoms with Crippen LogP contribution in [-0.4, -0.2) is 17.4 Å². The van der Waals surface area contributed by atoms with Crippen molar-refractivity contribution in [2.75, 3.05) is 6.54 Å². The fourth-order valence-corrected chi connectivity index (χ4v) is 2.80. The van der Waals surface area contributed by atoms with E-state index in [4.69, 9.17) is 10.2 Å². The first kappa shape index (κ1) is 17.3. The van der Waals surface area contributed by atoms with E-state index in [0.29, 0.717) is 17.9 Å². The van der Waals surface area contributed by atoms with Gasteiger partial charge in [0, 0.05) is 6.54 Å². The zero-order chi connectivity index (χ0) is 16.7. The first-order valence-electron chi connectivity index (χ1n) is 8.34. The SMILES string of the molecule is CCCCN(C(=O)c1coc(CN)c1)C(CC)c1ccccc1. The second-order valence-electron chi connectivity index (χ2n) is 5.69. The molecule has 4 nitrogen and oxygen atoms in total. The fraction of sp³-hybridized carbons (Fsp3) is 0.421. The van der Waals surface area contributed by atoms with E-state index in [-0.39, 0.29) is 11.9 Å². The third kappa shape index (κ3) is 4.23. The number of unbranched alkanes of at least 4 members (excludes halogenated alkanes) is 1. The zero-order valence-corrected chi connectivity index (χ0v) is 14.0. The molecular formula is C19H26N2O2. The molecule has 1 unspecified atom stereocenters. The number of benzene rings is 1. The van der Waals surface area contributed by atoms with Gasteiger partial charge < -0.3 is 15.1 Å². The number of rotatable bonds is 8. The van der Waals surface area contributed by atoms with E-state index >= 15 is 0 Å². The number of nitrogens with zero attached hydrogens (tertiary/aromatic N) is 1. The molecule has 23 heavy (non-hydrogen) atoms. The summed E-state index contributed by atoms with van der Waals surface area (Å²) >= 11 is 0. The van der Waals surface area contributed by atoms with Gasteiger partial charge in [0.25, 0.3) is 5.91 Å². The lowest BCUT2D eigenvalue weighted by atomic mass is 10.0. The molecule has 0 bridgehead atoms. The molecule has 2 aromatic rings. The minimum atomic E-state index is 0.0117. The Kier molecular flexibility index (Phi) is 6.41. The maximum atomic E-state index is 13.0. The van der Waals surface area contributed by atoms with E-state index in [1.54, 1.807) is 6.07 Å². The molecule has 0 saturated heterocycles. The molecular weight excluding hydrogens is 288 g/mol. The highest BCUT2D eigenvalue weighted by atomic mass is 16.3. The summed E-state index contributed by atoms with van der Waals surface area (Å²) < 4.78 is 5.34. The number of amides is 1. The van der Waals surface area contributed by atoms with Crippen LogP contribution in [0.2, 0.25) is 0 Å². The highest BCUT2D eigenvalue weighted by molar-refractivity contribution is 5.94. The van der Waals surface area contributed by atoms with Crippen LogP contribution < -0.4 is 5.73 Å². The Labute approximate surface area is 138 Å². The van der Waals surface area contributed by atoms with E-state index in [1.807, 2.05) is 23.1 Å². The Bertz CT molecular complexity index is 607. The van der Waals surface area contributed by atoms with Crippen LogP contribution in [-0.2, 0) is 6.54 Å². The normalized spacial score (nSPS) is 12.1. The summed E-state index contributed by atoms with van der Waals surface area (Å²) in [7, 11) is 0. The molecule has 0 saturated carbocycles. The first-order chi connectivity index (χ1) is 11.2. The van der Waals surface area contributed by atoms with Gasteiger partial charge in [0.1, 0.15) is 12.0 Å². The van der Waals surface area contributed by atoms with Crippen LogP contribution in [0.25, 0.3) is 0 Å². The van der Waals surface area contributed by atoms with Gasteiger partial charge in [-0.3, -0.25) is 4.79 Å². The minimum Gasteiger partial charge on any atom is -0.467 e. The quantitative estimate of drug-likeness (QED) is 0.797. The average Bonchev–Trinajstić information content (AvgIpc) is 3.08.